The van der Waals surface area contributed by atoms with E-state index in [1.165, 1.54) is 43.9 Å². The molecule has 1 heterocycles. The monoisotopic (exact) mass is 320 g/mol. The van der Waals surface area contributed by atoms with E-state index in [-0.39, 0.29) is 22.9 Å². The Labute approximate surface area is 136 Å². The van der Waals surface area contributed by atoms with Crippen molar-refractivity contribution in [2.45, 2.75) is 67.3 Å². The summed E-state index contributed by atoms with van der Waals surface area (Å²) in [7, 11) is 0. The summed E-state index contributed by atoms with van der Waals surface area (Å²) >= 11 is 1.96. The van der Waals surface area contributed by atoms with E-state index in [0.717, 1.165) is 6.42 Å². The largest absolute Gasteiger partial charge is 0.460 e. The summed E-state index contributed by atoms with van der Waals surface area (Å²) in [6.07, 6.45) is 7.15. The lowest BCUT2D eigenvalue weighted by Gasteiger charge is -2.41. The molecule has 1 aliphatic carbocycles. The normalized spacial score (nSPS) is 27.5. The van der Waals surface area contributed by atoms with Crippen LogP contribution in [0.5, 0.6) is 0 Å². The number of carbonyl (C=O) groups excluding carboxylic acids is 1. The molecule has 0 spiro atoms. The maximum Gasteiger partial charge on any atom is 0.302 e. The Morgan fingerprint density at radius 3 is 2.64 bits per heavy atom. The van der Waals surface area contributed by atoms with E-state index in [9.17, 15) is 4.79 Å². The summed E-state index contributed by atoms with van der Waals surface area (Å²) in [5.74, 6) is -0.206. The molecule has 3 nitrogen and oxygen atoms in total. The third-order valence-corrected chi connectivity index (χ3v) is 6.23. The molecule has 1 aromatic carbocycles. The number of thioether (sulfide) groups is 1. The molecule has 0 bridgehead atoms. The van der Waals surface area contributed by atoms with Crippen molar-refractivity contribution < 1.29 is 14.3 Å². The quantitative estimate of drug-likeness (QED) is 0.779. The number of hydrogen-bond acceptors (Lipinski definition) is 4. The molecule has 2 atom stereocenters. The van der Waals surface area contributed by atoms with Gasteiger partial charge in [0.1, 0.15) is 6.10 Å². The van der Waals surface area contributed by atoms with Crippen LogP contribution >= 0.6 is 11.8 Å². The molecular formula is C18H24O3S. The highest BCUT2D eigenvalue weighted by Crippen LogP contribution is 2.49. The van der Waals surface area contributed by atoms with Gasteiger partial charge in [0.05, 0.1) is 12.7 Å². The van der Waals surface area contributed by atoms with E-state index in [0.29, 0.717) is 6.61 Å². The van der Waals surface area contributed by atoms with E-state index in [1.807, 2.05) is 11.8 Å². The van der Waals surface area contributed by atoms with Crippen LogP contribution in [0.15, 0.2) is 35.2 Å². The van der Waals surface area contributed by atoms with Gasteiger partial charge in [0.2, 0.25) is 0 Å². The smallest absolute Gasteiger partial charge is 0.302 e. The van der Waals surface area contributed by atoms with Crippen molar-refractivity contribution in [2.75, 3.05) is 6.61 Å². The topological polar surface area (TPSA) is 35.5 Å². The third-order valence-electron chi connectivity index (χ3n) is 4.64. The molecule has 0 N–H and O–H groups in total. The zero-order valence-corrected chi connectivity index (χ0v) is 13.9. The Kier molecular flexibility index (Phi) is 5.09. The highest BCUT2D eigenvalue weighted by molar-refractivity contribution is 8.00. The molecule has 2 aliphatic rings. The molecule has 1 saturated heterocycles. The van der Waals surface area contributed by atoms with Crippen LogP contribution in [-0.2, 0) is 14.3 Å². The molecule has 0 amide bonds. The summed E-state index contributed by atoms with van der Waals surface area (Å²) in [5, 5.41) is 0. The van der Waals surface area contributed by atoms with Crippen LogP contribution in [0.2, 0.25) is 0 Å². The highest BCUT2D eigenvalue weighted by atomic mass is 32.2. The second-order valence-corrected chi connectivity index (χ2v) is 7.82. The van der Waals surface area contributed by atoms with Gasteiger partial charge in [0, 0.05) is 23.0 Å². The minimum atomic E-state index is -0.206. The fraction of sp³-hybridized carbons (Fsp3) is 0.611. The van der Waals surface area contributed by atoms with E-state index < -0.39 is 0 Å². The molecule has 4 heteroatoms. The first-order valence-electron chi connectivity index (χ1n) is 8.21. The first-order chi connectivity index (χ1) is 10.7. The van der Waals surface area contributed by atoms with Gasteiger partial charge >= 0.3 is 5.97 Å². The van der Waals surface area contributed by atoms with Crippen LogP contribution in [-0.4, -0.2) is 29.5 Å². The minimum absolute atomic E-state index is 0.0716. The SMILES string of the molecule is CC(=O)O[C@@H]1CO[C@@H](C2(Sc3ccccc3)CCCCC2)C1. The molecule has 0 radical (unpaired) electrons. The molecule has 1 aromatic rings. The highest BCUT2D eigenvalue weighted by Gasteiger charge is 2.46. The number of rotatable bonds is 4. The molecule has 0 unspecified atom stereocenters. The Balaban J connectivity index is 1.73. The van der Waals surface area contributed by atoms with Crippen molar-refractivity contribution in [3.63, 3.8) is 0 Å². The molecular weight excluding hydrogens is 296 g/mol. The van der Waals surface area contributed by atoms with Crippen LogP contribution in [0.3, 0.4) is 0 Å². The molecule has 120 valence electrons. The van der Waals surface area contributed by atoms with Crippen LogP contribution in [0, 0.1) is 0 Å². The average Bonchev–Trinajstić information content (AvgIpc) is 2.97. The number of esters is 1. The predicted octanol–water partition coefficient (Wildman–Crippen LogP) is 4.20. The number of ether oxygens (including phenoxy) is 2. The van der Waals surface area contributed by atoms with Crippen molar-refractivity contribution in [2.24, 2.45) is 0 Å². The van der Waals surface area contributed by atoms with E-state index >= 15 is 0 Å². The van der Waals surface area contributed by atoms with Gasteiger partial charge in [-0.15, -0.1) is 11.8 Å². The van der Waals surface area contributed by atoms with Gasteiger partial charge in [-0.05, 0) is 25.0 Å². The number of carbonyl (C=O) groups is 1. The zero-order chi connectivity index (χ0) is 15.4. The van der Waals surface area contributed by atoms with Crippen molar-refractivity contribution in [1.29, 1.82) is 0 Å². The van der Waals surface area contributed by atoms with E-state index in [1.54, 1.807) is 0 Å². The molecule has 3 rings (SSSR count). The van der Waals surface area contributed by atoms with E-state index in [4.69, 9.17) is 9.47 Å². The van der Waals surface area contributed by atoms with Gasteiger partial charge in [-0.2, -0.15) is 0 Å². The van der Waals surface area contributed by atoms with Crippen LogP contribution in [0.4, 0.5) is 0 Å². The Hall–Kier alpha value is -1.00. The van der Waals surface area contributed by atoms with Crippen molar-refractivity contribution in [3.05, 3.63) is 30.3 Å². The number of hydrogen-bond donors (Lipinski definition) is 0. The summed E-state index contributed by atoms with van der Waals surface area (Å²) in [5.41, 5.74) is 0. The van der Waals surface area contributed by atoms with Crippen molar-refractivity contribution >= 4 is 17.7 Å². The second-order valence-electron chi connectivity index (χ2n) is 6.33. The van der Waals surface area contributed by atoms with Crippen LogP contribution < -0.4 is 0 Å². The van der Waals surface area contributed by atoms with Crippen molar-refractivity contribution in [1.82, 2.24) is 0 Å². The predicted molar refractivity (Wildman–Crippen MR) is 88.0 cm³/mol. The van der Waals surface area contributed by atoms with Crippen molar-refractivity contribution in [3.8, 4) is 0 Å². The molecule has 1 aliphatic heterocycles. The van der Waals surface area contributed by atoms with Crippen LogP contribution in [0.25, 0.3) is 0 Å². The van der Waals surface area contributed by atoms with Crippen LogP contribution in [0.1, 0.15) is 45.4 Å². The number of benzene rings is 1. The fourth-order valence-electron chi connectivity index (χ4n) is 3.65. The van der Waals surface area contributed by atoms with E-state index in [2.05, 4.69) is 30.3 Å². The molecule has 0 aromatic heterocycles. The standard InChI is InChI=1S/C18H24O3S/c1-14(19)21-15-12-17(20-13-15)18(10-6-3-7-11-18)22-16-8-4-2-5-9-16/h2,4-5,8-9,15,17H,3,6-7,10-13H2,1H3/t15-,17+/m0/s1. The summed E-state index contributed by atoms with van der Waals surface area (Å²) in [6, 6.07) is 10.6. The van der Waals surface area contributed by atoms with Gasteiger partial charge in [-0.1, -0.05) is 37.5 Å². The second kappa shape index (κ2) is 7.05. The lowest BCUT2D eigenvalue weighted by molar-refractivity contribution is -0.146. The fourth-order valence-corrected chi connectivity index (χ4v) is 5.20. The average molecular weight is 320 g/mol. The summed E-state index contributed by atoms with van der Waals surface area (Å²) in [4.78, 5) is 12.5. The Morgan fingerprint density at radius 1 is 1.23 bits per heavy atom. The molecule has 22 heavy (non-hydrogen) atoms. The Morgan fingerprint density at radius 2 is 1.95 bits per heavy atom. The first-order valence-corrected chi connectivity index (χ1v) is 9.02. The first kappa shape index (κ1) is 15.9. The van der Waals surface area contributed by atoms with Gasteiger partial charge in [0.15, 0.2) is 0 Å². The Bertz CT molecular complexity index is 496. The lowest BCUT2D eigenvalue weighted by Crippen LogP contribution is -2.41. The zero-order valence-electron chi connectivity index (χ0n) is 13.1. The molecule has 2 fully saturated rings. The maximum atomic E-state index is 11.2. The summed E-state index contributed by atoms with van der Waals surface area (Å²) in [6.45, 7) is 2.02. The maximum absolute atomic E-state index is 11.2. The van der Waals surface area contributed by atoms with Gasteiger partial charge < -0.3 is 9.47 Å². The lowest BCUT2D eigenvalue weighted by atomic mass is 9.83. The van der Waals surface area contributed by atoms with Gasteiger partial charge in [-0.3, -0.25) is 4.79 Å². The molecule has 1 saturated carbocycles. The van der Waals surface area contributed by atoms with Gasteiger partial charge in [0.25, 0.3) is 0 Å². The van der Waals surface area contributed by atoms with Gasteiger partial charge in [-0.25, -0.2) is 0 Å². The third kappa shape index (κ3) is 3.66. The summed E-state index contributed by atoms with van der Waals surface area (Å²) < 4.78 is 11.6. The minimum Gasteiger partial charge on any atom is -0.460 e.